The average Bonchev–Trinajstić information content (AvgIpc) is 2.56. The number of nitriles is 1. The van der Waals surface area contributed by atoms with E-state index in [1.807, 2.05) is 42.5 Å². The van der Waals surface area contributed by atoms with Gasteiger partial charge in [0.05, 0.1) is 17.1 Å². The number of fused-ring (bicyclic) bond motifs is 1. The number of benzene rings is 2. The minimum atomic E-state index is 0.177. The van der Waals surface area contributed by atoms with E-state index in [4.69, 9.17) is 16.7 Å². The van der Waals surface area contributed by atoms with Crippen LogP contribution in [0.5, 0.6) is 0 Å². The highest BCUT2D eigenvalue weighted by molar-refractivity contribution is 5.91. The molecule has 3 aromatic rings. The lowest BCUT2D eigenvalue weighted by atomic mass is 10.1. The van der Waals surface area contributed by atoms with Crippen LogP contribution < -0.4 is 16.8 Å². The van der Waals surface area contributed by atoms with Crippen molar-refractivity contribution in [3.05, 3.63) is 53.6 Å². The molecule has 0 radical (unpaired) electrons. The van der Waals surface area contributed by atoms with Crippen LogP contribution in [0.15, 0.2) is 42.5 Å². The summed E-state index contributed by atoms with van der Waals surface area (Å²) in [6.07, 6.45) is 0.859. The third-order valence-corrected chi connectivity index (χ3v) is 3.57. The van der Waals surface area contributed by atoms with E-state index in [1.165, 1.54) is 5.56 Å². The molecule has 0 fully saturated rings. The van der Waals surface area contributed by atoms with Crippen molar-refractivity contribution in [2.45, 2.75) is 6.42 Å². The van der Waals surface area contributed by atoms with Crippen LogP contribution in [0.25, 0.3) is 10.9 Å². The summed E-state index contributed by atoms with van der Waals surface area (Å²) >= 11 is 0. The standard InChI is InChI=1S/C17H16N6/c18-10-12-3-1-11(2-4-12)7-8-21-13-5-6-15-14(9-13)16(19)23-17(20)22-15/h1-6,9,21H,7-8H2,(H4,19,20,22,23). The summed E-state index contributed by atoms with van der Waals surface area (Å²) in [5.41, 5.74) is 15.0. The number of hydrogen-bond acceptors (Lipinski definition) is 6. The van der Waals surface area contributed by atoms with E-state index in [-0.39, 0.29) is 5.95 Å². The average molecular weight is 304 g/mol. The van der Waals surface area contributed by atoms with Crippen LogP contribution >= 0.6 is 0 Å². The number of nitrogens with one attached hydrogen (secondary N) is 1. The van der Waals surface area contributed by atoms with Crippen LogP contribution in [0, 0.1) is 11.3 Å². The molecule has 5 N–H and O–H groups in total. The van der Waals surface area contributed by atoms with Crippen LogP contribution in [0.1, 0.15) is 11.1 Å². The molecule has 2 aromatic carbocycles. The van der Waals surface area contributed by atoms with Gasteiger partial charge >= 0.3 is 0 Å². The van der Waals surface area contributed by atoms with E-state index in [2.05, 4.69) is 21.4 Å². The molecular formula is C17H16N6. The Kier molecular flexibility index (Phi) is 3.93. The maximum absolute atomic E-state index is 8.79. The molecule has 0 unspecified atom stereocenters. The highest BCUT2D eigenvalue weighted by Gasteiger charge is 2.04. The van der Waals surface area contributed by atoms with Gasteiger partial charge < -0.3 is 16.8 Å². The fourth-order valence-electron chi connectivity index (χ4n) is 2.38. The summed E-state index contributed by atoms with van der Waals surface area (Å²) < 4.78 is 0. The van der Waals surface area contributed by atoms with E-state index in [9.17, 15) is 0 Å². The molecule has 1 aromatic heterocycles. The lowest BCUT2D eigenvalue weighted by Crippen LogP contribution is -2.05. The van der Waals surface area contributed by atoms with Gasteiger partial charge in [0, 0.05) is 17.6 Å². The van der Waals surface area contributed by atoms with E-state index >= 15 is 0 Å². The zero-order valence-electron chi connectivity index (χ0n) is 12.5. The van der Waals surface area contributed by atoms with Gasteiger partial charge in [0.1, 0.15) is 5.82 Å². The van der Waals surface area contributed by atoms with Gasteiger partial charge in [0.25, 0.3) is 0 Å². The Hall–Kier alpha value is -3.33. The Morgan fingerprint density at radius 1 is 1.04 bits per heavy atom. The number of nitrogens with two attached hydrogens (primary N) is 2. The van der Waals surface area contributed by atoms with Crippen molar-refractivity contribution in [3.63, 3.8) is 0 Å². The highest BCUT2D eigenvalue weighted by Crippen LogP contribution is 2.22. The van der Waals surface area contributed by atoms with Crippen LogP contribution in [0.2, 0.25) is 0 Å². The van der Waals surface area contributed by atoms with E-state index in [0.717, 1.165) is 29.6 Å². The fourth-order valence-corrected chi connectivity index (χ4v) is 2.38. The van der Waals surface area contributed by atoms with Gasteiger partial charge in [-0.2, -0.15) is 10.2 Å². The SMILES string of the molecule is N#Cc1ccc(CCNc2ccc3nc(N)nc(N)c3c2)cc1. The van der Waals surface area contributed by atoms with Gasteiger partial charge in [0.2, 0.25) is 5.95 Å². The molecule has 0 aliphatic carbocycles. The first-order valence-electron chi connectivity index (χ1n) is 7.21. The number of nitrogens with zero attached hydrogens (tertiary/aromatic N) is 3. The summed E-state index contributed by atoms with van der Waals surface area (Å²) in [6.45, 7) is 0.771. The van der Waals surface area contributed by atoms with Crippen LogP contribution in [-0.2, 0) is 6.42 Å². The molecule has 23 heavy (non-hydrogen) atoms. The Labute approximate surface area is 133 Å². The van der Waals surface area contributed by atoms with Gasteiger partial charge in [-0.05, 0) is 42.3 Å². The summed E-state index contributed by atoms with van der Waals surface area (Å²) in [5.74, 6) is 0.555. The predicted molar refractivity (Wildman–Crippen MR) is 91.7 cm³/mol. The molecular weight excluding hydrogens is 288 g/mol. The highest BCUT2D eigenvalue weighted by atomic mass is 15.0. The first kappa shape index (κ1) is 14.6. The third-order valence-electron chi connectivity index (χ3n) is 3.57. The zero-order valence-corrected chi connectivity index (χ0v) is 12.5. The molecule has 3 rings (SSSR count). The summed E-state index contributed by atoms with van der Waals surface area (Å²) in [7, 11) is 0. The number of anilines is 3. The minimum Gasteiger partial charge on any atom is -0.385 e. The summed E-state index contributed by atoms with van der Waals surface area (Å²) in [4.78, 5) is 8.13. The van der Waals surface area contributed by atoms with Crippen molar-refractivity contribution in [1.29, 1.82) is 5.26 Å². The van der Waals surface area contributed by atoms with Gasteiger partial charge in [-0.25, -0.2) is 4.98 Å². The second-order valence-corrected chi connectivity index (χ2v) is 5.18. The van der Waals surface area contributed by atoms with Crippen molar-refractivity contribution < 1.29 is 0 Å². The van der Waals surface area contributed by atoms with Crippen LogP contribution in [0.3, 0.4) is 0 Å². The molecule has 0 saturated heterocycles. The van der Waals surface area contributed by atoms with Gasteiger partial charge in [0.15, 0.2) is 0 Å². The number of aromatic nitrogens is 2. The van der Waals surface area contributed by atoms with Gasteiger partial charge in [-0.1, -0.05) is 12.1 Å². The minimum absolute atomic E-state index is 0.177. The maximum atomic E-state index is 8.79. The van der Waals surface area contributed by atoms with Crippen molar-refractivity contribution in [3.8, 4) is 6.07 Å². The van der Waals surface area contributed by atoms with E-state index in [0.29, 0.717) is 11.4 Å². The monoisotopic (exact) mass is 304 g/mol. The lowest BCUT2D eigenvalue weighted by molar-refractivity contribution is 1.02. The first-order chi connectivity index (χ1) is 11.2. The van der Waals surface area contributed by atoms with Crippen molar-refractivity contribution in [1.82, 2.24) is 9.97 Å². The predicted octanol–water partition coefficient (Wildman–Crippen LogP) is 2.32. The maximum Gasteiger partial charge on any atom is 0.222 e. The number of hydrogen-bond donors (Lipinski definition) is 3. The van der Waals surface area contributed by atoms with Crippen LogP contribution in [-0.4, -0.2) is 16.5 Å². The van der Waals surface area contributed by atoms with Crippen molar-refractivity contribution >= 4 is 28.4 Å². The number of rotatable bonds is 4. The molecule has 6 heteroatoms. The molecule has 1 heterocycles. The largest absolute Gasteiger partial charge is 0.385 e. The van der Waals surface area contributed by atoms with Gasteiger partial charge in [-0.3, -0.25) is 0 Å². The molecule has 0 spiro atoms. The quantitative estimate of drug-likeness (QED) is 0.681. The Morgan fingerprint density at radius 2 is 1.83 bits per heavy atom. The second-order valence-electron chi connectivity index (χ2n) is 5.18. The molecule has 0 aliphatic heterocycles. The Morgan fingerprint density at radius 3 is 2.57 bits per heavy atom. The van der Waals surface area contributed by atoms with Crippen LogP contribution in [0.4, 0.5) is 17.5 Å². The molecule has 0 atom stereocenters. The van der Waals surface area contributed by atoms with E-state index < -0.39 is 0 Å². The van der Waals surface area contributed by atoms with E-state index in [1.54, 1.807) is 0 Å². The second kappa shape index (κ2) is 6.20. The molecule has 0 bridgehead atoms. The summed E-state index contributed by atoms with van der Waals surface area (Å²) in [6, 6.07) is 15.4. The molecule has 6 nitrogen and oxygen atoms in total. The smallest absolute Gasteiger partial charge is 0.222 e. The Balaban J connectivity index is 1.68. The van der Waals surface area contributed by atoms with Gasteiger partial charge in [-0.15, -0.1) is 0 Å². The fraction of sp³-hybridized carbons (Fsp3) is 0.118. The third kappa shape index (κ3) is 3.30. The molecule has 0 aliphatic rings. The zero-order chi connectivity index (χ0) is 16.2. The number of nitrogen functional groups attached to an aromatic ring is 2. The van der Waals surface area contributed by atoms with Crippen molar-refractivity contribution in [2.75, 3.05) is 23.3 Å². The molecule has 0 amide bonds. The lowest BCUT2D eigenvalue weighted by Gasteiger charge is -2.09. The van der Waals surface area contributed by atoms with Crippen molar-refractivity contribution in [2.24, 2.45) is 0 Å². The topological polar surface area (TPSA) is 114 Å². The summed E-state index contributed by atoms with van der Waals surface area (Å²) in [5, 5.41) is 12.9. The molecule has 0 saturated carbocycles. The Bertz CT molecular complexity index is 880. The first-order valence-corrected chi connectivity index (χ1v) is 7.21. The normalized spacial score (nSPS) is 10.4. The molecule has 114 valence electrons.